The Kier molecular flexibility index (Phi) is 7.07. The van der Waals surface area contributed by atoms with Crippen LogP contribution in [-0.4, -0.2) is 21.2 Å². The van der Waals surface area contributed by atoms with Crippen molar-refractivity contribution < 1.29 is 37.1 Å². The van der Waals surface area contributed by atoms with Crippen LogP contribution in [0, 0.1) is 0 Å². The van der Waals surface area contributed by atoms with E-state index in [1.807, 2.05) is 0 Å². The quantitative estimate of drug-likeness (QED) is 0.227. The van der Waals surface area contributed by atoms with Crippen molar-refractivity contribution in [3.63, 3.8) is 0 Å². The third-order valence-corrected chi connectivity index (χ3v) is 7.73. The highest BCUT2D eigenvalue weighted by Crippen LogP contribution is 2.46. The number of benzene rings is 2. The lowest BCUT2D eigenvalue weighted by Gasteiger charge is -2.28. The van der Waals surface area contributed by atoms with Crippen LogP contribution in [0.15, 0.2) is 53.1 Å². The lowest BCUT2D eigenvalue weighted by Crippen LogP contribution is -2.21. The minimum absolute atomic E-state index is 0.0857. The van der Waals surface area contributed by atoms with Gasteiger partial charge in [0.1, 0.15) is 29.9 Å². The van der Waals surface area contributed by atoms with E-state index < -0.39 is 23.9 Å². The SMILES string of the molecule is O=C(O)c1ccc2c(c1)CCC(c1ccc(OCc3c(-c4c(Cl)cccc4Cl)noc3C3CC3)nc1C(F)(F)F)O2. The summed E-state index contributed by atoms with van der Waals surface area (Å²) in [6, 6.07) is 12.0. The summed E-state index contributed by atoms with van der Waals surface area (Å²) >= 11 is 12.8. The van der Waals surface area contributed by atoms with Gasteiger partial charge in [0.25, 0.3) is 0 Å². The number of carboxylic acid groups (broad SMARTS) is 1. The van der Waals surface area contributed by atoms with Crippen molar-refractivity contribution in [3.8, 4) is 22.9 Å². The van der Waals surface area contributed by atoms with E-state index in [0.717, 1.165) is 12.8 Å². The van der Waals surface area contributed by atoms with Crippen LogP contribution in [-0.2, 0) is 19.2 Å². The Labute approximate surface area is 241 Å². The molecule has 2 aromatic heterocycles. The molecule has 1 aliphatic heterocycles. The lowest BCUT2D eigenvalue weighted by atomic mass is 9.95. The maximum atomic E-state index is 14.2. The summed E-state index contributed by atoms with van der Waals surface area (Å²) in [7, 11) is 0. The molecule has 0 bridgehead atoms. The molecule has 2 aromatic carbocycles. The van der Waals surface area contributed by atoms with Crippen LogP contribution in [0.5, 0.6) is 11.6 Å². The lowest BCUT2D eigenvalue weighted by molar-refractivity contribution is -0.143. The Morgan fingerprint density at radius 2 is 1.83 bits per heavy atom. The molecular weight excluding hydrogens is 584 g/mol. The number of halogens is 5. The van der Waals surface area contributed by atoms with Gasteiger partial charge >= 0.3 is 12.1 Å². The van der Waals surface area contributed by atoms with E-state index in [9.17, 15) is 23.1 Å². The van der Waals surface area contributed by atoms with E-state index in [1.54, 1.807) is 18.2 Å². The van der Waals surface area contributed by atoms with Crippen LogP contribution in [0.3, 0.4) is 0 Å². The van der Waals surface area contributed by atoms with Gasteiger partial charge in [0.05, 0.1) is 21.2 Å². The monoisotopic (exact) mass is 604 g/mol. The zero-order valence-electron chi connectivity index (χ0n) is 21.2. The molecular formula is C29H21Cl2F3N2O5. The van der Waals surface area contributed by atoms with Gasteiger partial charge in [0.2, 0.25) is 5.88 Å². The Hall–Kier alpha value is -3.76. The number of hydrogen-bond donors (Lipinski definition) is 1. The topological polar surface area (TPSA) is 94.7 Å². The number of pyridine rings is 1. The first kappa shape index (κ1) is 27.4. The van der Waals surface area contributed by atoms with Crippen LogP contribution in [0.25, 0.3) is 11.3 Å². The molecule has 1 aliphatic carbocycles. The first-order valence-electron chi connectivity index (χ1n) is 12.8. The van der Waals surface area contributed by atoms with Gasteiger partial charge in [-0.15, -0.1) is 0 Å². The van der Waals surface area contributed by atoms with Crippen LogP contribution in [0.1, 0.15) is 69.8 Å². The van der Waals surface area contributed by atoms with Gasteiger partial charge in [-0.3, -0.25) is 0 Å². The molecule has 6 rings (SSSR count). The summed E-state index contributed by atoms with van der Waals surface area (Å²) in [6.45, 7) is -0.158. The van der Waals surface area contributed by atoms with Gasteiger partial charge in [-0.1, -0.05) is 34.4 Å². The van der Waals surface area contributed by atoms with Crippen LogP contribution < -0.4 is 9.47 Å². The molecule has 1 saturated carbocycles. The van der Waals surface area contributed by atoms with Crippen molar-refractivity contribution in [2.75, 3.05) is 0 Å². The molecule has 2 aliphatic rings. The van der Waals surface area contributed by atoms with Crippen LogP contribution in [0.4, 0.5) is 13.2 Å². The summed E-state index contributed by atoms with van der Waals surface area (Å²) in [5.74, 6) is -0.265. The van der Waals surface area contributed by atoms with Crippen LogP contribution >= 0.6 is 23.2 Å². The Balaban J connectivity index is 1.28. The minimum atomic E-state index is -4.78. The molecule has 4 aromatic rings. The largest absolute Gasteiger partial charge is 0.485 e. The van der Waals surface area contributed by atoms with Gasteiger partial charge in [0, 0.05) is 23.1 Å². The smallest absolute Gasteiger partial charge is 0.433 e. The number of nitrogens with zero attached hydrogens (tertiary/aromatic N) is 2. The number of aromatic carboxylic acids is 1. The molecule has 0 saturated heterocycles. The highest BCUT2D eigenvalue weighted by atomic mass is 35.5. The second-order valence-corrected chi connectivity index (χ2v) is 10.7. The summed E-state index contributed by atoms with van der Waals surface area (Å²) in [5.41, 5.74) is 0.831. The zero-order chi connectivity index (χ0) is 28.9. The molecule has 0 radical (unpaired) electrons. The Morgan fingerprint density at radius 3 is 2.51 bits per heavy atom. The molecule has 7 nitrogen and oxygen atoms in total. The van der Waals surface area contributed by atoms with Gasteiger partial charge in [-0.05, 0) is 67.6 Å². The van der Waals surface area contributed by atoms with E-state index >= 15 is 0 Å². The number of alkyl halides is 3. The Bertz CT molecular complexity index is 1630. The maximum absolute atomic E-state index is 14.2. The molecule has 0 spiro atoms. The highest BCUT2D eigenvalue weighted by Gasteiger charge is 2.39. The summed E-state index contributed by atoms with van der Waals surface area (Å²) in [5, 5.41) is 14.1. The number of carboxylic acids is 1. The third-order valence-electron chi connectivity index (χ3n) is 7.10. The van der Waals surface area contributed by atoms with E-state index in [-0.39, 0.29) is 36.0 Å². The van der Waals surface area contributed by atoms with Crippen molar-refractivity contribution in [1.82, 2.24) is 10.1 Å². The zero-order valence-corrected chi connectivity index (χ0v) is 22.7. The first-order chi connectivity index (χ1) is 19.6. The number of rotatable bonds is 7. The van der Waals surface area contributed by atoms with Gasteiger partial charge in [-0.25, -0.2) is 9.78 Å². The van der Waals surface area contributed by atoms with Crippen molar-refractivity contribution in [3.05, 3.63) is 92.3 Å². The fraction of sp³-hybridized carbons (Fsp3) is 0.276. The standard InChI is InChI=1S/C29H21Cl2F3N2O5/c30-19-2-1-3-20(31)24(19)25-18(26(41-36-25)14-4-5-14)13-39-23-11-8-17(27(35-23)29(32,33)34)22-10-6-15-12-16(28(37)38)7-9-21(15)40-22/h1-3,7-9,11-12,14,22H,4-6,10,13H2,(H,37,38). The Morgan fingerprint density at radius 1 is 1.07 bits per heavy atom. The van der Waals surface area contributed by atoms with E-state index in [2.05, 4.69) is 10.1 Å². The molecule has 212 valence electrons. The molecule has 1 fully saturated rings. The minimum Gasteiger partial charge on any atom is -0.485 e. The van der Waals surface area contributed by atoms with Crippen molar-refractivity contribution in [1.29, 1.82) is 0 Å². The molecule has 0 amide bonds. The third kappa shape index (κ3) is 5.46. The van der Waals surface area contributed by atoms with E-state index in [0.29, 0.717) is 50.4 Å². The van der Waals surface area contributed by atoms with E-state index in [1.165, 1.54) is 30.3 Å². The average molecular weight is 605 g/mol. The second-order valence-electron chi connectivity index (χ2n) is 9.89. The molecule has 12 heteroatoms. The first-order valence-corrected chi connectivity index (χ1v) is 13.5. The van der Waals surface area contributed by atoms with Crippen molar-refractivity contribution >= 4 is 29.2 Å². The molecule has 3 heterocycles. The number of ether oxygens (including phenoxy) is 2. The van der Waals surface area contributed by atoms with Gasteiger partial charge < -0.3 is 19.1 Å². The fourth-order valence-corrected chi connectivity index (χ4v) is 5.53. The number of aryl methyl sites for hydroxylation is 1. The molecule has 41 heavy (non-hydrogen) atoms. The summed E-state index contributed by atoms with van der Waals surface area (Å²) in [4.78, 5) is 15.1. The molecule has 1 unspecified atom stereocenters. The van der Waals surface area contributed by atoms with Crippen molar-refractivity contribution in [2.24, 2.45) is 0 Å². The summed E-state index contributed by atoms with van der Waals surface area (Å²) < 4.78 is 59.8. The molecule has 1 atom stereocenters. The van der Waals surface area contributed by atoms with Gasteiger partial charge in [0.15, 0.2) is 5.69 Å². The number of hydrogen-bond acceptors (Lipinski definition) is 6. The normalized spacial score (nSPS) is 16.7. The summed E-state index contributed by atoms with van der Waals surface area (Å²) in [6.07, 6.45) is -3.35. The number of fused-ring (bicyclic) bond motifs is 1. The predicted octanol–water partition coefficient (Wildman–Crippen LogP) is 8.28. The maximum Gasteiger partial charge on any atom is 0.433 e. The predicted molar refractivity (Wildman–Crippen MR) is 143 cm³/mol. The molecule has 1 N–H and O–H groups in total. The fourth-order valence-electron chi connectivity index (χ4n) is 4.95. The number of aromatic nitrogens is 2. The average Bonchev–Trinajstić information content (AvgIpc) is 3.70. The second kappa shape index (κ2) is 10.6. The number of carbonyl (C=O) groups is 1. The van der Waals surface area contributed by atoms with Gasteiger partial charge in [-0.2, -0.15) is 13.2 Å². The van der Waals surface area contributed by atoms with Crippen molar-refractivity contribution in [2.45, 2.75) is 50.5 Å². The van der Waals surface area contributed by atoms with E-state index in [4.69, 9.17) is 37.2 Å². The highest BCUT2D eigenvalue weighted by molar-refractivity contribution is 6.39. The van der Waals surface area contributed by atoms with Crippen LogP contribution in [0.2, 0.25) is 10.0 Å².